The molecular weight excluding hydrogens is 344 g/mol. The number of nitrogens with zero attached hydrogens (tertiary/aromatic N) is 1. The normalized spacial score (nSPS) is 17.3. The third kappa shape index (κ3) is 4.64. The van der Waals surface area contributed by atoms with Gasteiger partial charge in [-0.3, -0.25) is 4.79 Å². The van der Waals surface area contributed by atoms with Crippen LogP contribution in [-0.4, -0.2) is 28.9 Å². The maximum atomic E-state index is 12.5. The lowest BCUT2D eigenvalue weighted by Gasteiger charge is -2.38. The Kier molecular flexibility index (Phi) is 7.64. The molecule has 0 fully saturated rings. The summed E-state index contributed by atoms with van der Waals surface area (Å²) in [5.74, 6) is 0.879. The van der Waals surface area contributed by atoms with Crippen molar-refractivity contribution in [2.24, 2.45) is 0 Å². The number of ketones is 1. The van der Waals surface area contributed by atoms with Gasteiger partial charge in [0.05, 0.1) is 12.6 Å². The number of nitrogens with one attached hydrogen (secondary N) is 1. The third-order valence-electron chi connectivity index (χ3n) is 4.66. The van der Waals surface area contributed by atoms with E-state index in [9.17, 15) is 4.79 Å². The van der Waals surface area contributed by atoms with E-state index < -0.39 is 0 Å². The van der Waals surface area contributed by atoms with Gasteiger partial charge >= 0.3 is 0 Å². The number of hydrogen-bond donors (Lipinski definition) is 1. The summed E-state index contributed by atoms with van der Waals surface area (Å²) >= 11 is 5.58. The summed E-state index contributed by atoms with van der Waals surface area (Å²) in [6.07, 6.45) is 4.30. The van der Waals surface area contributed by atoms with Gasteiger partial charge in [0.2, 0.25) is 0 Å². The van der Waals surface area contributed by atoms with E-state index in [1.54, 1.807) is 6.92 Å². The average molecular weight is 375 g/mol. The molecule has 1 aliphatic heterocycles. The fraction of sp³-hybridized carbons (Fsp3) is 0.524. The Morgan fingerprint density at radius 1 is 1.23 bits per heavy atom. The quantitative estimate of drug-likeness (QED) is 0.498. The Labute approximate surface area is 162 Å². The number of carbonyl (C=O) groups is 1. The monoisotopic (exact) mass is 374 g/mol. The molecule has 0 radical (unpaired) electrons. The Morgan fingerprint density at radius 2 is 1.96 bits per heavy atom. The van der Waals surface area contributed by atoms with Gasteiger partial charge in [0.25, 0.3) is 0 Å². The fourth-order valence-electron chi connectivity index (χ4n) is 3.35. The first-order chi connectivity index (χ1) is 12.5. The molecular formula is C21H30N2O2S. The zero-order valence-corrected chi connectivity index (χ0v) is 17.1. The molecule has 1 N–H and O–H groups in total. The van der Waals surface area contributed by atoms with Gasteiger partial charge < -0.3 is 15.0 Å². The average Bonchev–Trinajstić information content (AvgIpc) is 2.61. The molecule has 142 valence electrons. The highest BCUT2D eigenvalue weighted by atomic mass is 32.1. The molecule has 0 spiro atoms. The zero-order valence-electron chi connectivity index (χ0n) is 16.3. The van der Waals surface area contributed by atoms with Gasteiger partial charge in [0.1, 0.15) is 5.75 Å². The number of rotatable bonds is 9. The number of allylic oxidation sites excluding steroid dienone is 1. The third-order valence-corrected chi connectivity index (χ3v) is 5.00. The van der Waals surface area contributed by atoms with Gasteiger partial charge in [-0.1, -0.05) is 44.9 Å². The number of para-hydroxylation sites is 1. The molecule has 1 heterocycles. The van der Waals surface area contributed by atoms with Gasteiger partial charge in [-0.15, -0.1) is 0 Å². The van der Waals surface area contributed by atoms with E-state index in [4.69, 9.17) is 17.0 Å². The van der Waals surface area contributed by atoms with Gasteiger partial charge in [-0.2, -0.15) is 0 Å². The molecule has 2 rings (SSSR count). The Hall–Kier alpha value is -1.88. The molecule has 26 heavy (non-hydrogen) atoms. The summed E-state index contributed by atoms with van der Waals surface area (Å²) in [6, 6.07) is 7.66. The molecule has 0 saturated carbocycles. The van der Waals surface area contributed by atoms with Crippen LogP contribution in [0.4, 0.5) is 0 Å². The zero-order chi connectivity index (χ0) is 19.1. The van der Waals surface area contributed by atoms with Crippen LogP contribution in [0.1, 0.15) is 65.0 Å². The first kappa shape index (κ1) is 20.4. The standard InChI is InChI=1S/C21H30N2O2S/c1-5-7-10-14-25-18-12-9-8-11-17(18)20-19(16(4)24)15(3)23(13-6-2)21(26)22-20/h8-9,11-12,20H,5-7,10,13-14H2,1-4H3,(H,22,26). The fourth-order valence-corrected chi connectivity index (χ4v) is 3.70. The predicted molar refractivity (Wildman–Crippen MR) is 110 cm³/mol. The van der Waals surface area contributed by atoms with E-state index in [2.05, 4.69) is 19.2 Å². The molecule has 0 amide bonds. The first-order valence-corrected chi connectivity index (χ1v) is 9.93. The second-order valence-corrected chi connectivity index (χ2v) is 7.07. The summed E-state index contributed by atoms with van der Waals surface area (Å²) in [5, 5.41) is 4.04. The van der Waals surface area contributed by atoms with Crippen LogP contribution < -0.4 is 10.1 Å². The minimum absolute atomic E-state index is 0.0596. The van der Waals surface area contributed by atoms with Gasteiger partial charge in [-0.25, -0.2) is 0 Å². The minimum Gasteiger partial charge on any atom is -0.493 e. The molecule has 5 heteroatoms. The van der Waals surface area contributed by atoms with Gasteiger partial charge in [-0.05, 0) is 45.0 Å². The maximum Gasteiger partial charge on any atom is 0.173 e. The van der Waals surface area contributed by atoms with Crippen LogP contribution in [0.5, 0.6) is 5.75 Å². The Morgan fingerprint density at radius 3 is 2.62 bits per heavy atom. The number of Topliss-reactive ketones (excluding diaryl/α,β-unsaturated/α-hetero) is 1. The topological polar surface area (TPSA) is 41.6 Å². The molecule has 0 saturated heterocycles. The Balaban J connectivity index is 2.37. The van der Waals surface area contributed by atoms with Gasteiger partial charge in [0, 0.05) is 23.4 Å². The van der Waals surface area contributed by atoms with Crippen molar-refractivity contribution in [2.45, 2.75) is 59.4 Å². The van der Waals surface area contributed by atoms with Crippen LogP contribution in [0, 0.1) is 0 Å². The van der Waals surface area contributed by atoms with E-state index in [0.29, 0.717) is 11.7 Å². The van der Waals surface area contributed by atoms with E-state index in [1.165, 1.54) is 0 Å². The smallest absolute Gasteiger partial charge is 0.173 e. The highest BCUT2D eigenvalue weighted by Crippen LogP contribution is 2.35. The van der Waals surface area contributed by atoms with Crippen LogP contribution in [0.15, 0.2) is 35.5 Å². The SMILES string of the molecule is CCCCCOc1ccccc1C1NC(=S)N(CCC)C(C)=C1C(C)=O. The molecule has 1 aromatic rings. The lowest BCUT2D eigenvalue weighted by molar-refractivity contribution is -0.114. The van der Waals surface area contributed by atoms with Crippen LogP contribution >= 0.6 is 12.2 Å². The van der Waals surface area contributed by atoms with Crippen molar-refractivity contribution < 1.29 is 9.53 Å². The van der Waals surface area contributed by atoms with Crippen molar-refractivity contribution in [1.82, 2.24) is 10.2 Å². The number of benzene rings is 1. The Bertz CT molecular complexity index is 684. The molecule has 0 aromatic heterocycles. The summed E-state index contributed by atoms with van der Waals surface area (Å²) < 4.78 is 6.03. The van der Waals surface area contributed by atoms with E-state index in [-0.39, 0.29) is 11.8 Å². The van der Waals surface area contributed by atoms with Gasteiger partial charge in [0.15, 0.2) is 10.9 Å². The van der Waals surface area contributed by atoms with E-state index >= 15 is 0 Å². The number of ether oxygens (including phenoxy) is 1. The summed E-state index contributed by atoms with van der Waals surface area (Å²) in [7, 11) is 0. The lowest BCUT2D eigenvalue weighted by atomic mass is 9.92. The van der Waals surface area contributed by atoms with Crippen molar-refractivity contribution in [3.63, 3.8) is 0 Å². The molecule has 1 aromatic carbocycles. The minimum atomic E-state index is -0.268. The maximum absolute atomic E-state index is 12.5. The lowest BCUT2D eigenvalue weighted by Crippen LogP contribution is -2.47. The van der Waals surface area contributed by atoms with Crippen molar-refractivity contribution in [1.29, 1.82) is 0 Å². The summed E-state index contributed by atoms with van der Waals surface area (Å²) in [6.45, 7) is 9.37. The number of unbranched alkanes of at least 4 members (excludes halogenated alkanes) is 2. The first-order valence-electron chi connectivity index (χ1n) is 9.52. The molecule has 1 unspecified atom stereocenters. The van der Waals surface area contributed by atoms with Crippen molar-refractivity contribution in [2.75, 3.05) is 13.2 Å². The second-order valence-electron chi connectivity index (χ2n) is 6.68. The largest absolute Gasteiger partial charge is 0.493 e. The molecule has 4 nitrogen and oxygen atoms in total. The second kappa shape index (κ2) is 9.72. The summed E-state index contributed by atoms with van der Waals surface area (Å²) in [4.78, 5) is 14.5. The van der Waals surface area contributed by atoms with Crippen molar-refractivity contribution >= 4 is 23.1 Å². The van der Waals surface area contributed by atoms with E-state index in [1.807, 2.05) is 36.1 Å². The van der Waals surface area contributed by atoms with Crippen LogP contribution in [0.3, 0.4) is 0 Å². The highest BCUT2D eigenvalue weighted by Gasteiger charge is 2.33. The highest BCUT2D eigenvalue weighted by molar-refractivity contribution is 7.80. The predicted octanol–water partition coefficient (Wildman–Crippen LogP) is 4.76. The van der Waals surface area contributed by atoms with E-state index in [0.717, 1.165) is 54.8 Å². The van der Waals surface area contributed by atoms with Crippen molar-refractivity contribution in [3.8, 4) is 5.75 Å². The molecule has 1 aliphatic rings. The number of hydrogen-bond acceptors (Lipinski definition) is 3. The number of thiocarbonyl (C=S) groups is 1. The molecule has 0 aliphatic carbocycles. The molecule has 0 bridgehead atoms. The summed E-state index contributed by atoms with van der Waals surface area (Å²) in [5.41, 5.74) is 2.66. The van der Waals surface area contributed by atoms with Crippen LogP contribution in [0.25, 0.3) is 0 Å². The van der Waals surface area contributed by atoms with Crippen LogP contribution in [-0.2, 0) is 4.79 Å². The van der Waals surface area contributed by atoms with Crippen LogP contribution in [0.2, 0.25) is 0 Å². The number of carbonyl (C=O) groups excluding carboxylic acids is 1. The van der Waals surface area contributed by atoms with Crippen molar-refractivity contribution in [3.05, 3.63) is 41.1 Å². The molecule has 1 atom stereocenters.